The number of benzene rings is 2. The van der Waals surface area contributed by atoms with Crippen molar-refractivity contribution in [1.29, 1.82) is 0 Å². The van der Waals surface area contributed by atoms with Gasteiger partial charge >= 0.3 is 0 Å². The minimum atomic E-state index is -3.24. The first-order valence-corrected chi connectivity index (χ1v) is 13.2. The Bertz CT molecular complexity index is 1120. The molecule has 0 aromatic heterocycles. The van der Waals surface area contributed by atoms with Crippen LogP contribution in [-0.2, 0) is 47.4 Å². The molecule has 2 aromatic rings. The number of nitrogens with zero attached hydrogens (tertiary/aromatic N) is 2. The van der Waals surface area contributed by atoms with Crippen molar-refractivity contribution in [3.63, 3.8) is 0 Å². The maximum absolute atomic E-state index is 11.5. The number of likely N-dealkylation sites (N-methyl/N-ethyl adjacent to an activating group) is 1. The summed E-state index contributed by atoms with van der Waals surface area (Å²) in [6.45, 7) is 3.79. The highest BCUT2D eigenvalue weighted by atomic mass is 35.5. The first-order valence-electron chi connectivity index (χ1n) is 11.3. The average molecular weight is 494 g/mol. The molecule has 2 aliphatic heterocycles. The Morgan fingerprint density at radius 2 is 1.94 bits per heavy atom. The number of hydrazine groups is 1. The van der Waals surface area contributed by atoms with E-state index in [1.54, 1.807) is 5.01 Å². The Morgan fingerprint density at radius 1 is 1.15 bits per heavy atom. The lowest BCUT2D eigenvalue weighted by Gasteiger charge is -2.30. The van der Waals surface area contributed by atoms with Gasteiger partial charge in [-0.25, -0.2) is 13.4 Å². The summed E-state index contributed by atoms with van der Waals surface area (Å²) in [6.07, 6.45) is 5.63. The maximum Gasteiger partial charge on any atom is 0.221 e. The van der Waals surface area contributed by atoms with Gasteiger partial charge < -0.3 is 9.79 Å². The van der Waals surface area contributed by atoms with Gasteiger partial charge in [0.05, 0.1) is 6.26 Å². The second-order valence-electron chi connectivity index (χ2n) is 9.39. The van der Waals surface area contributed by atoms with E-state index in [1.807, 2.05) is 0 Å². The van der Waals surface area contributed by atoms with Gasteiger partial charge in [0.25, 0.3) is 0 Å². The van der Waals surface area contributed by atoms with Crippen LogP contribution in [-0.4, -0.2) is 44.7 Å². The molecule has 1 aliphatic carbocycles. The molecule has 0 amide bonds. The summed E-state index contributed by atoms with van der Waals surface area (Å²) in [7, 11) is -1.04. The molecule has 0 saturated carbocycles. The molecule has 0 unspecified atom stereocenters. The summed E-state index contributed by atoms with van der Waals surface area (Å²) >= 11 is 0. The Balaban J connectivity index is 0.00000259. The van der Waals surface area contributed by atoms with Crippen LogP contribution >= 0.6 is 12.4 Å². The van der Waals surface area contributed by atoms with Crippen LogP contribution in [0.4, 0.5) is 0 Å². The Morgan fingerprint density at radius 3 is 2.76 bits per heavy atom. The molecular formula is C24H32ClN3O4S. The topological polar surface area (TPSA) is 71.1 Å². The normalized spacial score (nSPS) is 19.5. The second kappa shape index (κ2) is 9.90. The summed E-state index contributed by atoms with van der Waals surface area (Å²) < 4.78 is 23.0. The molecule has 2 heterocycles. The van der Waals surface area contributed by atoms with Gasteiger partial charge in [-0.1, -0.05) is 30.3 Å². The molecule has 33 heavy (non-hydrogen) atoms. The van der Waals surface area contributed by atoms with Crippen LogP contribution in [0.15, 0.2) is 30.3 Å². The molecule has 5 rings (SSSR count). The highest BCUT2D eigenvalue weighted by molar-refractivity contribution is 7.88. The van der Waals surface area contributed by atoms with Crippen molar-refractivity contribution in [2.45, 2.75) is 51.3 Å². The van der Waals surface area contributed by atoms with Gasteiger partial charge in [0, 0.05) is 37.3 Å². The lowest BCUT2D eigenvalue weighted by Crippen LogP contribution is -2.37. The average Bonchev–Trinajstić information content (AvgIpc) is 3.37. The van der Waals surface area contributed by atoms with Gasteiger partial charge in [-0.2, -0.15) is 4.89 Å². The lowest BCUT2D eigenvalue weighted by molar-refractivity contribution is -0.195. The van der Waals surface area contributed by atoms with Crippen molar-refractivity contribution in [3.8, 4) is 5.75 Å². The minimum Gasteiger partial charge on any atom is -0.337 e. The molecule has 3 aliphatic rings. The van der Waals surface area contributed by atoms with Crippen LogP contribution in [0, 0.1) is 0 Å². The van der Waals surface area contributed by atoms with E-state index in [0.717, 1.165) is 31.7 Å². The first kappa shape index (κ1) is 24.4. The molecule has 0 spiro atoms. The second-order valence-corrected chi connectivity index (χ2v) is 11.1. The van der Waals surface area contributed by atoms with E-state index in [4.69, 9.17) is 9.78 Å². The number of rotatable bonds is 7. The number of nitrogens with one attached hydrogen (secondary N) is 1. The fourth-order valence-corrected chi connectivity index (χ4v) is 5.86. The molecule has 0 radical (unpaired) electrons. The summed E-state index contributed by atoms with van der Waals surface area (Å²) in [5.41, 5.74) is 7.62. The lowest BCUT2D eigenvalue weighted by atomic mass is 9.81. The van der Waals surface area contributed by atoms with Crippen molar-refractivity contribution in [2.24, 2.45) is 0 Å². The van der Waals surface area contributed by atoms with Crippen LogP contribution in [0.3, 0.4) is 0 Å². The van der Waals surface area contributed by atoms with Gasteiger partial charge in [-0.3, -0.25) is 0 Å². The Kier molecular flexibility index (Phi) is 7.33. The summed E-state index contributed by atoms with van der Waals surface area (Å²) in [5.74, 6) is 1.49. The maximum atomic E-state index is 11.5. The van der Waals surface area contributed by atoms with E-state index in [9.17, 15) is 8.42 Å². The first-order chi connectivity index (χ1) is 15.4. The van der Waals surface area contributed by atoms with Crippen molar-refractivity contribution in [2.75, 3.05) is 26.4 Å². The van der Waals surface area contributed by atoms with Gasteiger partial charge in [-0.15, -0.1) is 17.2 Å². The summed E-state index contributed by atoms with van der Waals surface area (Å²) in [6, 6.07) is 11.0. The summed E-state index contributed by atoms with van der Waals surface area (Å²) in [5, 5.41) is 1.75. The molecule has 0 bridgehead atoms. The quantitative estimate of drug-likeness (QED) is 0.597. The number of sulfonamides is 1. The fourth-order valence-electron chi connectivity index (χ4n) is 5.26. The molecule has 1 N–H and O–H groups in total. The zero-order valence-corrected chi connectivity index (χ0v) is 20.8. The Labute approximate surface area is 202 Å². The molecular weight excluding hydrogens is 462 g/mol. The van der Waals surface area contributed by atoms with Crippen molar-refractivity contribution < 1.29 is 18.2 Å². The van der Waals surface area contributed by atoms with E-state index in [-0.39, 0.29) is 12.4 Å². The number of hydrogen-bond donors (Lipinski definition) is 1. The van der Waals surface area contributed by atoms with E-state index in [0.29, 0.717) is 25.6 Å². The van der Waals surface area contributed by atoms with Gasteiger partial charge in [-0.05, 0) is 60.9 Å². The number of fused-ring (bicyclic) bond motifs is 4. The number of hydrogen-bond acceptors (Lipinski definition) is 6. The standard InChI is InChI=1S/C24H31N3O4S.ClH/c1-26(13-19-4-3-5-23-22(19)9-8-20-16-30-31-24(20)23)11-10-17-6-7-18-14-27(15-21(18)12-17)25-32(2,28)29;/h6-9,12,19,25H,3-5,10-11,13-16H2,1-2H3;1H/t19-;/m0./s1. The van der Waals surface area contributed by atoms with Crippen LogP contribution in [0.2, 0.25) is 0 Å². The number of halogens is 1. The van der Waals surface area contributed by atoms with Gasteiger partial charge in [0.15, 0.2) is 5.75 Å². The van der Waals surface area contributed by atoms with Crippen LogP contribution in [0.1, 0.15) is 52.1 Å². The van der Waals surface area contributed by atoms with E-state index in [1.165, 1.54) is 52.5 Å². The molecule has 180 valence electrons. The predicted octanol–water partition coefficient (Wildman–Crippen LogP) is 3.31. The van der Waals surface area contributed by atoms with E-state index in [2.05, 4.69) is 47.1 Å². The minimum absolute atomic E-state index is 0. The zero-order chi connectivity index (χ0) is 22.3. The highest BCUT2D eigenvalue weighted by Crippen LogP contribution is 2.41. The van der Waals surface area contributed by atoms with Crippen LogP contribution in [0.25, 0.3) is 0 Å². The predicted molar refractivity (Wildman–Crippen MR) is 130 cm³/mol. The smallest absolute Gasteiger partial charge is 0.221 e. The molecule has 0 saturated heterocycles. The van der Waals surface area contributed by atoms with Crippen molar-refractivity contribution >= 4 is 22.4 Å². The molecule has 7 nitrogen and oxygen atoms in total. The highest BCUT2D eigenvalue weighted by Gasteiger charge is 2.28. The van der Waals surface area contributed by atoms with Gasteiger partial charge in [0.1, 0.15) is 6.61 Å². The molecule has 0 fully saturated rings. The SMILES string of the molecule is CN(CCc1ccc2c(c1)CN(NS(C)(=O)=O)C2)C[C@@H]1CCCc2c1ccc1c2OOC1.Cl. The van der Waals surface area contributed by atoms with E-state index < -0.39 is 10.0 Å². The molecule has 2 aromatic carbocycles. The largest absolute Gasteiger partial charge is 0.337 e. The molecule has 9 heteroatoms. The zero-order valence-electron chi connectivity index (χ0n) is 19.2. The molecule has 1 atom stereocenters. The van der Waals surface area contributed by atoms with Crippen molar-refractivity contribution in [1.82, 2.24) is 14.7 Å². The Hall–Kier alpha value is -1.68. The van der Waals surface area contributed by atoms with E-state index >= 15 is 0 Å². The van der Waals surface area contributed by atoms with Crippen LogP contribution < -0.4 is 9.72 Å². The van der Waals surface area contributed by atoms with Crippen LogP contribution in [0.5, 0.6) is 5.75 Å². The third-order valence-electron chi connectivity index (χ3n) is 6.76. The monoisotopic (exact) mass is 493 g/mol. The fraction of sp³-hybridized carbons (Fsp3) is 0.500. The summed E-state index contributed by atoms with van der Waals surface area (Å²) in [4.78, 5) is 15.7. The third-order valence-corrected chi connectivity index (χ3v) is 7.35. The van der Waals surface area contributed by atoms with Gasteiger partial charge in [0.2, 0.25) is 10.0 Å². The third kappa shape index (κ3) is 5.53. The van der Waals surface area contributed by atoms with Crippen molar-refractivity contribution in [3.05, 3.63) is 63.7 Å².